The molecule has 0 amide bonds. The van der Waals surface area contributed by atoms with Crippen molar-refractivity contribution in [2.75, 3.05) is 0 Å². The lowest BCUT2D eigenvalue weighted by atomic mass is 9.93. The second kappa shape index (κ2) is 10.4. The zero-order valence-electron chi connectivity index (χ0n) is 24.9. The summed E-state index contributed by atoms with van der Waals surface area (Å²) in [6.07, 6.45) is 0. The molecule has 0 aliphatic rings. The Morgan fingerprint density at radius 1 is 0.391 bits per heavy atom. The van der Waals surface area contributed by atoms with E-state index in [1.165, 1.54) is 32.6 Å². The fourth-order valence-corrected chi connectivity index (χ4v) is 7.15. The van der Waals surface area contributed by atoms with Crippen LogP contribution in [0.3, 0.4) is 0 Å². The van der Waals surface area contributed by atoms with Crippen molar-refractivity contribution in [1.29, 1.82) is 5.26 Å². The SMILES string of the molecule is N#Cc1ccc(-c2cccc(-n3c4ccccc4c4ccccc43)c2)cc1-c1ccccc1-n1c2ccccc2c2ccccc21. The van der Waals surface area contributed by atoms with Crippen LogP contribution in [-0.2, 0) is 0 Å². The number of aromatic nitrogens is 2. The third-order valence-corrected chi connectivity index (χ3v) is 9.17. The molecule has 9 aromatic rings. The zero-order valence-corrected chi connectivity index (χ0v) is 24.9. The molecule has 0 bridgehead atoms. The van der Waals surface area contributed by atoms with Gasteiger partial charge in [0.25, 0.3) is 0 Å². The van der Waals surface area contributed by atoms with Crippen molar-refractivity contribution in [2.24, 2.45) is 0 Å². The van der Waals surface area contributed by atoms with Crippen molar-refractivity contribution in [2.45, 2.75) is 0 Å². The van der Waals surface area contributed by atoms with Crippen LogP contribution in [0.25, 0.3) is 77.2 Å². The molecule has 0 aliphatic heterocycles. The molecule has 0 spiro atoms. The predicted octanol–water partition coefficient (Wildman–Crippen LogP) is 11.1. The summed E-state index contributed by atoms with van der Waals surface area (Å²) in [4.78, 5) is 0. The van der Waals surface area contributed by atoms with Crippen molar-refractivity contribution in [3.8, 4) is 39.7 Å². The number of fused-ring (bicyclic) bond motifs is 6. The molecule has 0 aliphatic carbocycles. The summed E-state index contributed by atoms with van der Waals surface area (Å²) in [5.74, 6) is 0. The number of benzene rings is 7. The van der Waals surface area contributed by atoms with Gasteiger partial charge >= 0.3 is 0 Å². The topological polar surface area (TPSA) is 33.6 Å². The maximum atomic E-state index is 10.3. The largest absolute Gasteiger partial charge is 0.309 e. The van der Waals surface area contributed by atoms with Crippen LogP contribution in [0.2, 0.25) is 0 Å². The molecule has 2 heterocycles. The molecule has 0 fully saturated rings. The Morgan fingerprint density at radius 2 is 0.891 bits per heavy atom. The van der Waals surface area contributed by atoms with E-state index in [1.807, 2.05) is 6.07 Å². The molecule has 0 atom stereocenters. The first kappa shape index (κ1) is 26.1. The van der Waals surface area contributed by atoms with Gasteiger partial charge in [0.05, 0.1) is 39.4 Å². The summed E-state index contributed by atoms with van der Waals surface area (Å²) >= 11 is 0. The molecule has 46 heavy (non-hydrogen) atoms. The molecule has 0 saturated heterocycles. The molecule has 3 nitrogen and oxygen atoms in total. The number of para-hydroxylation sites is 5. The summed E-state index contributed by atoms with van der Waals surface area (Å²) in [5, 5.41) is 15.2. The fraction of sp³-hybridized carbons (Fsp3) is 0. The first-order chi connectivity index (χ1) is 22.8. The summed E-state index contributed by atoms with van der Waals surface area (Å²) in [6.45, 7) is 0. The minimum absolute atomic E-state index is 0.649. The smallest absolute Gasteiger partial charge is 0.0998 e. The number of hydrogen-bond donors (Lipinski definition) is 0. The van der Waals surface area contributed by atoms with Gasteiger partial charge in [-0.25, -0.2) is 0 Å². The van der Waals surface area contributed by atoms with Gasteiger partial charge in [-0.2, -0.15) is 5.26 Å². The monoisotopic (exact) mass is 585 g/mol. The molecular formula is C43H27N3. The first-order valence-corrected chi connectivity index (χ1v) is 15.5. The lowest BCUT2D eigenvalue weighted by molar-refractivity contribution is 1.18. The van der Waals surface area contributed by atoms with Crippen LogP contribution in [0.5, 0.6) is 0 Å². The second-order valence-electron chi connectivity index (χ2n) is 11.7. The highest BCUT2D eigenvalue weighted by Gasteiger charge is 2.18. The summed E-state index contributed by atoms with van der Waals surface area (Å²) < 4.78 is 4.67. The van der Waals surface area contributed by atoms with Crippen molar-refractivity contribution in [1.82, 2.24) is 9.13 Å². The summed E-state index contributed by atoms with van der Waals surface area (Å²) in [5.41, 5.74) is 11.5. The first-order valence-electron chi connectivity index (χ1n) is 15.5. The molecule has 9 rings (SSSR count). The summed E-state index contributed by atoms with van der Waals surface area (Å²) in [7, 11) is 0. The Labute approximate surface area is 266 Å². The van der Waals surface area contributed by atoms with E-state index in [2.05, 4.69) is 173 Å². The maximum Gasteiger partial charge on any atom is 0.0998 e. The molecule has 0 unspecified atom stereocenters. The van der Waals surface area contributed by atoms with E-state index in [0.717, 1.165) is 44.7 Å². The van der Waals surface area contributed by atoms with Crippen LogP contribution in [0.4, 0.5) is 0 Å². The standard InChI is InChI=1S/C43H27N3/c44-28-31-25-24-30(29-12-11-13-32(26-29)45-39-19-6-1-14-33(39)34-15-2-7-20-40(34)45)27-38(31)37-18-5-10-23-43(37)46-41-21-8-3-16-35(41)36-17-4-9-22-42(36)46/h1-27H. The minimum atomic E-state index is 0.649. The van der Waals surface area contributed by atoms with E-state index in [9.17, 15) is 5.26 Å². The molecule has 0 radical (unpaired) electrons. The number of rotatable bonds is 4. The molecular weight excluding hydrogens is 558 g/mol. The maximum absolute atomic E-state index is 10.3. The van der Waals surface area contributed by atoms with Crippen LogP contribution in [0, 0.1) is 11.3 Å². The quantitative estimate of drug-likeness (QED) is 0.202. The van der Waals surface area contributed by atoms with E-state index in [0.29, 0.717) is 5.56 Å². The molecule has 3 heteroatoms. The lowest BCUT2D eigenvalue weighted by Gasteiger charge is -2.16. The van der Waals surface area contributed by atoms with Crippen molar-refractivity contribution < 1.29 is 0 Å². The Kier molecular flexibility index (Phi) is 5.88. The Hall–Kier alpha value is -6.37. The lowest BCUT2D eigenvalue weighted by Crippen LogP contribution is -1.98. The van der Waals surface area contributed by atoms with E-state index < -0.39 is 0 Å². The van der Waals surface area contributed by atoms with Gasteiger partial charge in [-0.15, -0.1) is 0 Å². The van der Waals surface area contributed by atoms with E-state index in [-0.39, 0.29) is 0 Å². The third-order valence-electron chi connectivity index (χ3n) is 9.17. The van der Waals surface area contributed by atoms with Crippen LogP contribution in [0.15, 0.2) is 164 Å². The van der Waals surface area contributed by atoms with Crippen LogP contribution in [0.1, 0.15) is 5.56 Å². The average Bonchev–Trinajstić information content (AvgIpc) is 3.64. The second-order valence-corrected chi connectivity index (χ2v) is 11.7. The van der Waals surface area contributed by atoms with Crippen LogP contribution >= 0.6 is 0 Å². The zero-order chi connectivity index (χ0) is 30.6. The van der Waals surface area contributed by atoms with Gasteiger partial charge in [-0.3, -0.25) is 0 Å². The number of nitrogens with zero attached hydrogens (tertiary/aromatic N) is 3. The Balaban J connectivity index is 1.24. The van der Waals surface area contributed by atoms with Gasteiger partial charge in [-0.05, 0) is 65.7 Å². The van der Waals surface area contributed by atoms with Gasteiger partial charge in [0.1, 0.15) is 0 Å². The van der Waals surface area contributed by atoms with Crippen LogP contribution < -0.4 is 0 Å². The van der Waals surface area contributed by atoms with Crippen molar-refractivity contribution in [3.63, 3.8) is 0 Å². The molecule has 0 N–H and O–H groups in total. The van der Waals surface area contributed by atoms with E-state index in [1.54, 1.807) is 0 Å². The Bertz CT molecular complexity index is 2560. The van der Waals surface area contributed by atoms with E-state index >= 15 is 0 Å². The predicted molar refractivity (Wildman–Crippen MR) is 191 cm³/mol. The van der Waals surface area contributed by atoms with Gasteiger partial charge < -0.3 is 9.13 Å². The van der Waals surface area contributed by atoms with Gasteiger partial charge in [0.2, 0.25) is 0 Å². The minimum Gasteiger partial charge on any atom is -0.309 e. The fourth-order valence-electron chi connectivity index (χ4n) is 7.15. The highest BCUT2D eigenvalue weighted by atomic mass is 15.0. The van der Waals surface area contributed by atoms with Gasteiger partial charge in [-0.1, -0.05) is 109 Å². The number of hydrogen-bond acceptors (Lipinski definition) is 1. The third kappa shape index (κ3) is 3.91. The van der Waals surface area contributed by atoms with E-state index in [4.69, 9.17) is 0 Å². The highest BCUT2D eigenvalue weighted by molar-refractivity contribution is 6.10. The average molecular weight is 586 g/mol. The van der Waals surface area contributed by atoms with Crippen molar-refractivity contribution >= 4 is 43.6 Å². The normalized spacial score (nSPS) is 11.5. The highest BCUT2D eigenvalue weighted by Crippen LogP contribution is 2.39. The van der Waals surface area contributed by atoms with Gasteiger partial charge in [0, 0.05) is 38.4 Å². The summed E-state index contributed by atoms with van der Waals surface area (Å²) in [6, 6.07) is 60.1. The molecule has 0 saturated carbocycles. The van der Waals surface area contributed by atoms with Gasteiger partial charge in [0.15, 0.2) is 0 Å². The molecule has 214 valence electrons. The number of nitriles is 1. The van der Waals surface area contributed by atoms with Crippen LogP contribution in [-0.4, -0.2) is 9.13 Å². The molecule has 2 aromatic heterocycles. The molecule has 7 aromatic carbocycles. The Morgan fingerprint density at radius 3 is 1.48 bits per heavy atom. The van der Waals surface area contributed by atoms with Crippen molar-refractivity contribution in [3.05, 3.63) is 169 Å².